The first-order chi connectivity index (χ1) is 8.08. The average Bonchev–Trinajstić information content (AvgIpc) is 2.32. The maximum Gasteiger partial charge on any atom is 0.253 e. The van der Waals surface area contributed by atoms with Gasteiger partial charge in [0, 0.05) is 18.7 Å². The number of piperidine rings is 1. The minimum atomic E-state index is 0.0555. The third-order valence-corrected chi connectivity index (χ3v) is 3.53. The Morgan fingerprint density at radius 1 is 1.53 bits per heavy atom. The van der Waals surface area contributed by atoms with E-state index in [2.05, 4.69) is 6.92 Å². The molecule has 1 aromatic carbocycles. The van der Waals surface area contributed by atoms with Gasteiger partial charge in [-0.25, -0.2) is 0 Å². The lowest BCUT2D eigenvalue weighted by molar-refractivity contribution is 0.0683. The highest BCUT2D eigenvalue weighted by Crippen LogP contribution is 2.22. The van der Waals surface area contributed by atoms with E-state index in [9.17, 15) is 4.79 Å². The summed E-state index contributed by atoms with van der Waals surface area (Å²) in [5.74, 6) is 0.636. The van der Waals surface area contributed by atoms with Gasteiger partial charge in [0.05, 0.1) is 10.7 Å². The Balaban J connectivity index is 2.15. The van der Waals surface area contributed by atoms with Crippen LogP contribution in [0.4, 0.5) is 5.69 Å². The number of nitrogens with two attached hydrogens (primary N) is 1. The highest BCUT2D eigenvalue weighted by molar-refractivity contribution is 6.33. The molecule has 0 saturated carbocycles. The van der Waals surface area contributed by atoms with Gasteiger partial charge in [0.15, 0.2) is 0 Å². The van der Waals surface area contributed by atoms with Gasteiger partial charge in [-0.15, -0.1) is 0 Å². The van der Waals surface area contributed by atoms with E-state index in [0.29, 0.717) is 22.2 Å². The van der Waals surface area contributed by atoms with Gasteiger partial charge in [-0.1, -0.05) is 18.5 Å². The van der Waals surface area contributed by atoms with Crippen LogP contribution in [0.15, 0.2) is 18.2 Å². The second kappa shape index (κ2) is 4.96. The van der Waals surface area contributed by atoms with Gasteiger partial charge in [0.2, 0.25) is 0 Å². The second-order valence-electron chi connectivity index (χ2n) is 4.73. The number of hydrogen-bond acceptors (Lipinski definition) is 2. The lowest BCUT2D eigenvalue weighted by Gasteiger charge is -2.31. The molecule has 0 spiro atoms. The normalized spacial score (nSPS) is 20.4. The molecule has 3 nitrogen and oxygen atoms in total. The molecule has 0 radical (unpaired) electrons. The zero-order valence-corrected chi connectivity index (χ0v) is 10.7. The van der Waals surface area contributed by atoms with E-state index in [-0.39, 0.29) is 5.91 Å². The largest absolute Gasteiger partial charge is 0.398 e. The molecule has 1 amide bonds. The Bertz CT molecular complexity index is 433. The lowest BCUT2D eigenvalue weighted by atomic mass is 9.99. The molecule has 1 aliphatic rings. The smallest absolute Gasteiger partial charge is 0.253 e. The molecule has 1 fully saturated rings. The molecule has 4 heteroatoms. The quantitative estimate of drug-likeness (QED) is 0.782. The van der Waals surface area contributed by atoms with Crippen molar-refractivity contribution in [2.24, 2.45) is 5.92 Å². The Kier molecular flexibility index (Phi) is 3.57. The number of nitrogens with zero attached hydrogens (tertiary/aromatic N) is 1. The van der Waals surface area contributed by atoms with Crippen molar-refractivity contribution in [3.05, 3.63) is 28.8 Å². The number of carbonyl (C=O) groups excluding carboxylic acids is 1. The molecule has 1 aromatic rings. The van der Waals surface area contributed by atoms with Crippen LogP contribution in [-0.4, -0.2) is 23.9 Å². The molecule has 92 valence electrons. The van der Waals surface area contributed by atoms with Crippen LogP contribution in [0.1, 0.15) is 30.1 Å². The van der Waals surface area contributed by atoms with E-state index in [1.165, 1.54) is 6.42 Å². The van der Waals surface area contributed by atoms with Crippen LogP contribution in [0.25, 0.3) is 0 Å². The predicted molar refractivity (Wildman–Crippen MR) is 70.2 cm³/mol. The minimum Gasteiger partial charge on any atom is -0.398 e. The Hall–Kier alpha value is -1.22. The Labute approximate surface area is 107 Å². The number of rotatable bonds is 1. The predicted octanol–water partition coefficient (Wildman–Crippen LogP) is 2.79. The molecule has 0 bridgehead atoms. The molecule has 0 aromatic heterocycles. The number of halogens is 1. The van der Waals surface area contributed by atoms with Crippen molar-refractivity contribution in [1.29, 1.82) is 0 Å². The minimum absolute atomic E-state index is 0.0555. The van der Waals surface area contributed by atoms with Crippen LogP contribution in [-0.2, 0) is 0 Å². The average molecular weight is 253 g/mol. The summed E-state index contributed by atoms with van der Waals surface area (Å²) in [6.45, 7) is 3.85. The van der Waals surface area contributed by atoms with E-state index in [1.807, 2.05) is 4.90 Å². The van der Waals surface area contributed by atoms with Crippen LogP contribution in [0.3, 0.4) is 0 Å². The molecule has 1 heterocycles. The summed E-state index contributed by atoms with van der Waals surface area (Å²) in [5.41, 5.74) is 6.80. The number of anilines is 1. The Morgan fingerprint density at radius 3 is 2.94 bits per heavy atom. The number of carbonyl (C=O) groups is 1. The fraction of sp³-hybridized carbons (Fsp3) is 0.462. The summed E-state index contributed by atoms with van der Waals surface area (Å²) in [6, 6.07) is 5.07. The topological polar surface area (TPSA) is 46.3 Å². The number of likely N-dealkylation sites (tertiary alicyclic amines) is 1. The molecule has 0 unspecified atom stereocenters. The fourth-order valence-electron chi connectivity index (χ4n) is 2.23. The molecule has 1 saturated heterocycles. The number of nitrogen functional groups attached to an aromatic ring is 1. The first-order valence-electron chi connectivity index (χ1n) is 5.92. The van der Waals surface area contributed by atoms with Crippen molar-refractivity contribution in [2.75, 3.05) is 18.8 Å². The molecule has 0 aliphatic carbocycles. The van der Waals surface area contributed by atoms with Gasteiger partial charge < -0.3 is 10.6 Å². The SMILES string of the molecule is C[C@@H]1CCCN(C(=O)c2ccc(Cl)c(N)c2)C1. The summed E-state index contributed by atoms with van der Waals surface area (Å²) >= 11 is 5.84. The second-order valence-corrected chi connectivity index (χ2v) is 5.14. The third-order valence-electron chi connectivity index (χ3n) is 3.19. The third kappa shape index (κ3) is 2.72. The van der Waals surface area contributed by atoms with Gasteiger partial charge in [-0.05, 0) is 37.0 Å². The molecule has 1 aliphatic heterocycles. The zero-order chi connectivity index (χ0) is 12.4. The summed E-state index contributed by atoms with van der Waals surface area (Å²) in [5, 5.41) is 0.494. The number of hydrogen-bond donors (Lipinski definition) is 1. The molecule has 1 atom stereocenters. The fourth-order valence-corrected chi connectivity index (χ4v) is 2.35. The number of benzene rings is 1. The van der Waals surface area contributed by atoms with E-state index < -0.39 is 0 Å². The van der Waals surface area contributed by atoms with Crippen LogP contribution in [0.2, 0.25) is 5.02 Å². The van der Waals surface area contributed by atoms with Gasteiger partial charge in [0.1, 0.15) is 0 Å². The summed E-state index contributed by atoms with van der Waals surface area (Å²) < 4.78 is 0. The van der Waals surface area contributed by atoms with Crippen LogP contribution in [0, 0.1) is 5.92 Å². The first kappa shape index (κ1) is 12.2. The summed E-state index contributed by atoms with van der Waals surface area (Å²) in [6.07, 6.45) is 2.28. The molecule has 2 rings (SSSR count). The van der Waals surface area contributed by atoms with Crippen molar-refractivity contribution < 1.29 is 4.79 Å². The maximum absolute atomic E-state index is 12.2. The maximum atomic E-state index is 12.2. The standard InChI is InChI=1S/C13H17ClN2O/c1-9-3-2-6-16(8-9)13(17)10-4-5-11(14)12(15)7-10/h4-5,7,9H,2-3,6,8,15H2,1H3/t9-/m1/s1. The summed E-state index contributed by atoms with van der Waals surface area (Å²) in [4.78, 5) is 14.1. The lowest BCUT2D eigenvalue weighted by Crippen LogP contribution is -2.39. The van der Waals surface area contributed by atoms with Crippen molar-refractivity contribution >= 4 is 23.2 Å². The van der Waals surface area contributed by atoms with Crippen molar-refractivity contribution in [3.63, 3.8) is 0 Å². The van der Waals surface area contributed by atoms with Crippen molar-refractivity contribution in [3.8, 4) is 0 Å². The first-order valence-corrected chi connectivity index (χ1v) is 6.30. The number of amides is 1. The molecular weight excluding hydrogens is 236 g/mol. The van der Waals surface area contributed by atoms with Crippen molar-refractivity contribution in [2.45, 2.75) is 19.8 Å². The van der Waals surface area contributed by atoms with E-state index in [4.69, 9.17) is 17.3 Å². The Morgan fingerprint density at radius 2 is 2.29 bits per heavy atom. The van der Waals surface area contributed by atoms with Crippen LogP contribution < -0.4 is 5.73 Å². The molecule has 17 heavy (non-hydrogen) atoms. The highest BCUT2D eigenvalue weighted by Gasteiger charge is 2.22. The van der Waals surface area contributed by atoms with E-state index >= 15 is 0 Å². The summed E-state index contributed by atoms with van der Waals surface area (Å²) in [7, 11) is 0. The zero-order valence-electron chi connectivity index (χ0n) is 9.95. The van der Waals surface area contributed by atoms with E-state index in [1.54, 1.807) is 18.2 Å². The van der Waals surface area contributed by atoms with Crippen LogP contribution in [0.5, 0.6) is 0 Å². The van der Waals surface area contributed by atoms with Gasteiger partial charge in [0.25, 0.3) is 5.91 Å². The van der Waals surface area contributed by atoms with Crippen molar-refractivity contribution in [1.82, 2.24) is 4.90 Å². The monoisotopic (exact) mass is 252 g/mol. The van der Waals surface area contributed by atoms with Gasteiger partial charge in [-0.3, -0.25) is 4.79 Å². The van der Waals surface area contributed by atoms with Gasteiger partial charge in [-0.2, -0.15) is 0 Å². The highest BCUT2D eigenvalue weighted by atomic mass is 35.5. The molecule has 2 N–H and O–H groups in total. The van der Waals surface area contributed by atoms with E-state index in [0.717, 1.165) is 19.5 Å². The van der Waals surface area contributed by atoms with Gasteiger partial charge >= 0.3 is 0 Å². The molecular formula is C13H17ClN2O. The van der Waals surface area contributed by atoms with Crippen LogP contribution >= 0.6 is 11.6 Å².